The van der Waals surface area contributed by atoms with E-state index in [4.69, 9.17) is 16.3 Å². The fraction of sp³-hybridized carbons (Fsp3) is 0.556. The Labute approximate surface area is 158 Å². The molecular formula is C18H21ClN2O4S. The Kier molecular flexibility index (Phi) is 5.29. The molecule has 26 heavy (non-hydrogen) atoms. The van der Waals surface area contributed by atoms with Crippen molar-refractivity contribution in [2.24, 2.45) is 11.8 Å². The quantitative estimate of drug-likeness (QED) is 0.795. The molecule has 3 atom stereocenters. The molecule has 0 bridgehead atoms. The van der Waals surface area contributed by atoms with Crippen LogP contribution in [-0.4, -0.2) is 38.8 Å². The summed E-state index contributed by atoms with van der Waals surface area (Å²) < 4.78 is 31.2. The molecule has 0 heterocycles. The second kappa shape index (κ2) is 7.18. The number of rotatable bonds is 6. The van der Waals surface area contributed by atoms with Crippen LogP contribution in [-0.2, 0) is 19.4 Å². The van der Waals surface area contributed by atoms with Gasteiger partial charge in [0.2, 0.25) is 5.91 Å². The third-order valence-electron chi connectivity index (χ3n) is 5.28. The van der Waals surface area contributed by atoms with Gasteiger partial charge in [0.25, 0.3) is 0 Å². The summed E-state index contributed by atoms with van der Waals surface area (Å²) >= 11 is 6.08. The summed E-state index contributed by atoms with van der Waals surface area (Å²) in [6.07, 6.45) is 1.81. The first-order chi connectivity index (χ1) is 12.3. The fourth-order valence-electron chi connectivity index (χ4n) is 3.62. The van der Waals surface area contributed by atoms with Crippen molar-refractivity contribution in [3.63, 3.8) is 0 Å². The number of hydrogen-bond donors (Lipinski definition) is 1. The van der Waals surface area contributed by atoms with E-state index in [1.54, 1.807) is 18.2 Å². The zero-order valence-electron chi connectivity index (χ0n) is 14.4. The summed E-state index contributed by atoms with van der Waals surface area (Å²) in [5.74, 6) is -0.970. The van der Waals surface area contributed by atoms with Crippen molar-refractivity contribution in [1.29, 1.82) is 5.26 Å². The summed E-state index contributed by atoms with van der Waals surface area (Å²) in [5.41, 5.74) is -0.769. The third-order valence-corrected chi connectivity index (χ3v) is 7.95. The summed E-state index contributed by atoms with van der Waals surface area (Å²) in [6, 6.07) is 8.48. The van der Waals surface area contributed by atoms with E-state index in [1.807, 2.05) is 0 Å². The number of ether oxygens (including phenoxy) is 1. The zero-order valence-corrected chi connectivity index (χ0v) is 16.0. The van der Waals surface area contributed by atoms with Crippen LogP contribution in [0, 0.1) is 23.2 Å². The van der Waals surface area contributed by atoms with Crippen LogP contribution in [0.3, 0.4) is 0 Å². The van der Waals surface area contributed by atoms with Crippen LogP contribution >= 0.6 is 11.6 Å². The van der Waals surface area contributed by atoms with Crippen LogP contribution in [0.5, 0.6) is 0 Å². The Hall–Kier alpha value is -1.62. The summed E-state index contributed by atoms with van der Waals surface area (Å²) in [4.78, 5) is 12.8. The van der Waals surface area contributed by atoms with Gasteiger partial charge < -0.3 is 10.1 Å². The van der Waals surface area contributed by atoms with Crippen LogP contribution in [0.1, 0.15) is 25.7 Å². The second-order valence-electron chi connectivity index (χ2n) is 7.07. The van der Waals surface area contributed by atoms with E-state index in [-0.39, 0.29) is 28.2 Å². The lowest BCUT2D eigenvalue weighted by atomic mass is 9.95. The molecule has 2 saturated carbocycles. The number of hydrogen-bond acceptors (Lipinski definition) is 5. The Balaban J connectivity index is 1.82. The first-order valence-electron chi connectivity index (χ1n) is 8.53. The number of amides is 1. The lowest BCUT2D eigenvalue weighted by Crippen LogP contribution is -2.41. The maximum absolute atomic E-state index is 13.0. The maximum Gasteiger partial charge on any atom is 0.224 e. The standard InChI is InChI=1S/C18H21ClN2O4S/c1-25-10-12-8-13(26(23,24)16-5-3-2-4-15(16)19)9-14(12)17(22)21-18(11-20)6-7-18/h2-5,12-14H,6-10H2,1H3,(H,21,22). The van der Waals surface area contributed by atoms with Crippen LogP contribution < -0.4 is 5.32 Å². The molecule has 2 aliphatic rings. The lowest BCUT2D eigenvalue weighted by molar-refractivity contribution is -0.127. The first-order valence-corrected chi connectivity index (χ1v) is 10.5. The minimum absolute atomic E-state index is 0.0968. The Bertz CT molecular complexity index is 845. The second-order valence-corrected chi connectivity index (χ2v) is 9.68. The summed E-state index contributed by atoms with van der Waals surface area (Å²) in [5, 5.41) is 11.5. The molecule has 0 radical (unpaired) electrons. The van der Waals surface area contributed by atoms with Crippen molar-refractivity contribution < 1.29 is 17.9 Å². The predicted octanol–water partition coefficient (Wildman–Crippen LogP) is 2.33. The largest absolute Gasteiger partial charge is 0.384 e. The van der Waals surface area contributed by atoms with Gasteiger partial charge in [0.05, 0.1) is 21.2 Å². The molecule has 0 aliphatic heterocycles. The Morgan fingerprint density at radius 3 is 2.65 bits per heavy atom. The molecular weight excluding hydrogens is 376 g/mol. The summed E-state index contributed by atoms with van der Waals surface area (Å²) in [7, 11) is -2.12. The Morgan fingerprint density at radius 1 is 1.38 bits per heavy atom. The van der Waals surface area contributed by atoms with Gasteiger partial charge in [-0.25, -0.2) is 8.42 Å². The van der Waals surface area contributed by atoms with Crippen LogP contribution in [0.4, 0.5) is 0 Å². The monoisotopic (exact) mass is 396 g/mol. The molecule has 0 spiro atoms. The van der Waals surface area contributed by atoms with E-state index in [9.17, 15) is 18.5 Å². The highest BCUT2D eigenvalue weighted by Crippen LogP contribution is 2.41. The first kappa shape index (κ1) is 19.2. The normalized spacial score (nSPS) is 26.9. The molecule has 6 nitrogen and oxygen atoms in total. The molecule has 1 amide bonds. The van der Waals surface area contributed by atoms with E-state index in [2.05, 4.69) is 11.4 Å². The van der Waals surface area contributed by atoms with Gasteiger partial charge in [-0.1, -0.05) is 23.7 Å². The minimum atomic E-state index is -3.65. The van der Waals surface area contributed by atoms with E-state index in [0.29, 0.717) is 25.9 Å². The van der Waals surface area contributed by atoms with Gasteiger partial charge >= 0.3 is 0 Å². The number of halogens is 1. The molecule has 1 N–H and O–H groups in total. The van der Waals surface area contributed by atoms with Crippen molar-refractivity contribution >= 4 is 27.3 Å². The van der Waals surface area contributed by atoms with Gasteiger partial charge in [-0.05, 0) is 43.7 Å². The molecule has 1 aromatic rings. The average molecular weight is 397 g/mol. The van der Waals surface area contributed by atoms with Crippen LogP contribution in [0.2, 0.25) is 5.02 Å². The number of nitrogens with one attached hydrogen (secondary N) is 1. The minimum Gasteiger partial charge on any atom is -0.384 e. The molecule has 2 aliphatic carbocycles. The molecule has 3 rings (SSSR count). The molecule has 0 saturated heterocycles. The maximum atomic E-state index is 13.0. The van der Waals surface area contributed by atoms with Gasteiger partial charge in [-0.3, -0.25) is 4.79 Å². The van der Waals surface area contributed by atoms with E-state index in [1.165, 1.54) is 13.2 Å². The molecule has 1 aromatic carbocycles. The van der Waals surface area contributed by atoms with Gasteiger partial charge in [-0.2, -0.15) is 5.26 Å². The van der Waals surface area contributed by atoms with E-state index in [0.717, 1.165) is 0 Å². The van der Waals surface area contributed by atoms with Gasteiger partial charge in [0.1, 0.15) is 5.54 Å². The number of nitriles is 1. The average Bonchev–Trinajstić information content (AvgIpc) is 3.24. The number of sulfone groups is 1. The number of nitrogens with zero attached hydrogens (tertiary/aromatic N) is 1. The highest BCUT2D eigenvalue weighted by molar-refractivity contribution is 7.92. The fourth-order valence-corrected chi connectivity index (χ4v) is 6.01. The van der Waals surface area contributed by atoms with E-state index >= 15 is 0 Å². The van der Waals surface area contributed by atoms with Crippen LogP contribution in [0.25, 0.3) is 0 Å². The smallest absolute Gasteiger partial charge is 0.224 e. The number of methoxy groups -OCH3 is 1. The van der Waals surface area contributed by atoms with Crippen molar-refractivity contribution in [3.05, 3.63) is 29.3 Å². The van der Waals surface area contributed by atoms with Crippen molar-refractivity contribution in [3.8, 4) is 6.07 Å². The molecule has 8 heteroatoms. The number of carbonyl (C=O) groups excluding carboxylic acids is 1. The number of carbonyl (C=O) groups is 1. The molecule has 2 fully saturated rings. The Morgan fingerprint density at radius 2 is 2.08 bits per heavy atom. The van der Waals surface area contributed by atoms with E-state index < -0.39 is 26.5 Å². The highest BCUT2D eigenvalue weighted by Gasteiger charge is 2.49. The van der Waals surface area contributed by atoms with Crippen molar-refractivity contribution in [1.82, 2.24) is 5.32 Å². The van der Waals surface area contributed by atoms with Gasteiger partial charge in [-0.15, -0.1) is 0 Å². The topological polar surface area (TPSA) is 96.3 Å². The highest BCUT2D eigenvalue weighted by atomic mass is 35.5. The molecule has 3 unspecified atom stereocenters. The lowest BCUT2D eigenvalue weighted by Gasteiger charge is -2.19. The molecule has 140 valence electrons. The van der Waals surface area contributed by atoms with Crippen molar-refractivity contribution in [2.75, 3.05) is 13.7 Å². The third kappa shape index (κ3) is 3.59. The van der Waals surface area contributed by atoms with Gasteiger partial charge in [0.15, 0.2) is 9.84 Å². The SMILES string of the molecule is COCC1CC(S(=O)(=O)c2ccccc2Cl)CC1C(=O)NC1(C#N)CC1. The van der Waals surface area contributed by atoms with Crippen LogP contribution in [0.15, 0.2) is 29.2 Å². The predicted molar refractivity (Wildman–Crippen MR) is 96.2 cm³/mol. The van der Waals surface area contributed by atoms with Gasteiger partial charge in [0, 0.05) is 19.6 Å². The molecule has 0 aromatic heterocycles. The number of benzene rings is 1. The van der Waals surface area contributed by atoms with Crippen molar-refractivity contribution in [2.45, 2.75) is 41.4 Å². The summed E-state index contributed by atoms with van der Waals surface area (Å²) in [6.45, 7) is 0.298. The zero-order chi connectivity index (χ0) is 18.9.